The third kappa shape index (κ3) is 4.10. The highest BCUT2D eigenvalue weighted by Gasteiger charge is 2.35. The molecule has 1 aliphatic rings. The Labute approximate surface area is 145 Å². The fourth-order valence-corrected chi connectivity index (χ4v) is 2.60. The van der Waals surface area contributed by atoms with Gasteiger partial charge in [-0.05, 0) is 43.0 Å². The molecule has 0 radical (unpaired) electrons. The first-order valence-electron chi connectivity index (χ1n) is 7.56. The van der Waals surface area contributed by atoms with Crippen molar-refractivity contribution in [1.82, 2.24) is 4.57 Å². The highest BCUT2D eigenvalue weighted by atomic mass is 35.5. The van der Waals surface area contributed by atoms with Gasteiger partial charge in [0.05, 0.1) is 16.1 Å². The molecule has 0 atom stereocenters. The standard InChI is InChI=1S/C17H13ClF4N2O/c18-11-6-7-14(24(9-11)8-10-4-5-10)23-16(25)12-2-1-3-13(15(12)19)17(20,21)22/h1-3,6-7,9-10H,4-5,8H2/b23-14+. The Bertz CT molecular complexity index is 885. The molecule has 25 heavy (non-hydrogen) atoms. The summed E-state index contributed by atoms with van der Waals surface area (Å²) in [6.07, 6.45) is -1.19. The molecular weight excluding hydrogens is 360 g/mol. The number of pyridine rings is 1. The van der Waals surface area contributed by atoms with Gasteiger partial charge in [-0.1, -0.05) is 17.7 Å². The molecule has 0 bridgehead atoms. The maximum Gasteiger partial charge on any atom is 0.419 e. The molecule has 1 heterocycles. The molecule has 0 N–H and O–H groups in total. The Hall–Kier alpha value is -2.15. The van der Waals surface area contributed by atoms with Crippen LogP contribution >= 0.6 is 11.6 Å². The second-order valence-corrected chi connectivity index (χ2v) is 6.32. The highest BCUT2D eigenvalue weighted by Crippen LogP contribution is 2.32. The summed E-state index contributed by atoms with van der Waals surface area (Å²) in [6.45, 7) is 0.595. The van der Waals surface area contributed by atoms with Crippen molar-refractivity contribution in [2.75, 3.05) is 0 Å². The number of aromatic nitrogens is 1. The summed E-state index contributed by atoms with van der Waals surface area (Å²) in [5.74, 6) is -2.24. The minimum Gasteiger partial charge on any atom is -0.331 e. The van der Waals surface area contributed by atoms with Crippen molar-refractivity contribution in [3.63, 3.8) is 0 Å². The van der Waals surface area contributed by atoms with Crippen molar-refractivity contribution >= 4 is 17.5 Å². The number of hydrogen-bond donors (Lipinski definition) is 0. The van der Waals surface area contributed by atoms with Crippen LogP contribution in [0.5, 0.6) is 0 Å². The molecule has 0 saturated heterocycles. The summed E-state index contributed by atoms with van der Waals surface area (Å²) in [5, 5.41) is 0.442. The third-order valence-corrected chi connectivity index (χ3v) is 4.09. The van der Waals surface area contributed by atoms with Crippen molar-refractivity contribution in [3.8, 4) is 0 Å². The maximum atomic E-state index is 14.1. The van der Waals surface area contributed by atoms with E-state index in [-0.39, 0.29) is 5.49 Å². The fraction of sp³-hybridized carbons (Fsp3) is 0.294. The number of halogens is 5. The zero-order chi connectivity index (χ0) is 18.2. The van der Waals surface area contributed by atoms with Gasteiger partial charge in [-0.15, -0.1) is 0 Å². The van der Waals surface area contributed by atoms with E-state index in [2.05, 4.69) is 4.99 Å². The first kappa shape index (κ1) is 17.7. The summed E-state index contributed by atoms with van der Waals surface area (Å²) >= 11 is 5.94. The highest BCUT2D eigenvalue weighted by molar-refractivity contribution is 6.30. The van der Waals surface area contributed by atoms with E-state index in [0.29, 0.717) is 23.6 Å². The number of carbonyl (C=O) groups is 1. The van der Waals surface area contributed by atoms with Crippen molar-refractivity contribution < 1.29 is 22.4 Å². The summed E-state index contributed by atoms with van der Waals surface area (Å²) in [4.78, 5) is 16.0. The molecule has 3 nitrogen and oxygen atoms in total. The van der Waals surface area contributed by atoms with Crippen LogP contribution in [0.2, 0.25) is 5.02 Å². The predicted molar refractivity (Wildman–Crippen MR) is 83.5 cm³/mol. The lowest BCUT2D eigenvalue weighted by atomic mass is 10.1. The minimum absolute atomic E-state index is 0.220. The number of nitrogens with zero attached hydrogens (tertiary/aromatic N) is 2. The van der Waals surface area contributed by atoms with E-state index in [0.717, 1.165) is 25.0 Å². The van der Waals surface area contributed by atoms with Gasteiger partial charge < -0.3 is 4.57 Å². The fourth-order valence-electron chi connectivity index (χ4n) is 2.41. The Morgan fingerprint density at radius 3 is 2.60 bits per heavy atom. The van der Waals surface area contributed by atoms with E-state index in [1.165, 1.54) is 12.1 Å². The lowest BCUT2D eigenvalue weighted by molar-refractivity contribution is -0.140. The van der Waals surface area contributed by atoms with Gasteiger partial charge in [-0.25, -0.2) is 4.39 Å². The predicted octanol–water partition coefficient (Wildman–Crippen LogP) is 4.45. The lowest BCUT2D eigenvalue weighted by Gasteiger charge is -2.10. The molecule has 1 amide bonds. The summed E-state index contributed by atoms with van der Waals surface area (Å²) in [7, 11) is 0. The smallest absolute Gasteiger partial charge is 0.331 e. The first-order valence-corrected chi connectivity index (χ1v) is 7.94. The van der Waals surface area contributed by atoms with Crippen LogP contribution in [0, 0.1) is 11.7 Å². The van der Waals surface area contributed by atoms with Crippen LogP contribution in [0.1, 0.15) is 28.8 Å². The maximum absolute atomic E-state index is 14.1. The van der Waals surface area contributed by atoms with Crippen LogP contribution in [-0.4, -0.2) is 10.5 Å². The average Bonchev–Trinajstić information content (AvgIpc) is 3.33. The third-order valence-electron chi connectivity index (χ3n) is 3.87. The Balaban J connectivity index is 2.01. The topological polar surface area (TPSA) is 34.4 Å². The van der Waals surface area contributed by atoms with Gasteiger partial charge in [-0.2, -0.15) is 18.2 Å². The van der Waals surface area contributed by atoms with Gasteiger partial charge in [0, 0.05) is 12.7 Å². The minimum atomic E-state index is -4.88. The number of amides is 1. The largest absolute Gasteiger partial charge is 0.419 e. The molecule has 1 aromatic carbocycles. The Morgan fingerprint density at radius 1 is 1.24 bits per heavy atom. The van der Waals surface area contributed by atoms with E-state index in [1.807, 2.05) is 0 Å². The number of carbonyl (C=O) groups excluding carboxylic acids is 1. The Kier molecular flexibility index (Phi) is 4.69. The van der Waals surface area contributed by atoms with Gasteiger partial charge in [0.15, 0.2) is 0 Å². The molecule has 0 aliphatic heterocycles. The molecular formula is C17H13ClF4N2O. The summed E-state index contributed by atoms with van der Waals surface area (Å²) in [6, 6.07) is 5.54. The molecule has 2 aromatic rings. The number of hydrogen-bond acceptors (Lipinski definition) is 1. The van der Waals surface area contributed by atoms with Crippen LogP contribution in [-0.2, 0) is 12.7 Å². The van der Waals surface area contributed by atoms with Crippen molar-refractivity contribution in [1.29, 1.82) is 0 Å². The van der Waals surface area contributed by atoms with Gasteiger partial charge >= 0.3 is 6.18 Å². The summed E-state index contributed by atoms with van der Waals surface area (Å²) in [5.41, 5.74) is -1.99. The van der Waals surface area contributed by atoms with Crippen LogP contribution in [0.3, 0.4) is 0 Å². The van der Waals surface area contributed by atoms with Gasteiger partial charge in [0.1, 0.15) is 11.3 Å². The van der Waals surface area contributed by atoms with Crippen molar-refractivity contribution in [2.45, 2.75) is 25.6 Å². The first-order chi connectivity index (χ1) is 11.8. The zero-order valence-electron chi connectivity index (χ0n) is 12.9. The molecule has 1 aromatic heterocycles. The van der Waals surface area contributed by atoms with Gasteiger partial charge in [0.2, 0.25) is 0 Å². The lowest BCUT2D eigenvalue weighted by Crippen LogP contribution is -2.23. The van der Waals surface area contributed by atoms with Crippen LogP contribution in [0.25, 0.3) is 0 Å². The number of benzene rings is 1. The zero-order valence-corrected chi connectivity index (χ0v) is 13.6. The average molecular weight is 373 g/mol. The molecule has 1 saturated carbocycles. The van der Waals surface area contributed by atoms with Gasteiger partial charge in [-0.3, -0.25) is 4.79 Å². The second-order valence-electron chi connectivity index (χ2n) is 5.88. The van der Waals surface area contributed by atoms with Crippen molar-refractivity contribution in [3.05, 3.63) is 64.0 Å². The van der Waals surface area contributed by atoms with Crippen LogP contribution in [0.4, 0.5) is 17.6 Å². The SMILES string of the molecule is O=C(/N=c1\ccc(Cl)cn1CC1CC1)c1cccc(C(F)(F)F)c1F. The monoisotopic (exact) mass is 372 g/mol. The normalized spacial score (nSPS) is 15.5. The Morgan fingerprint density at radius 2 is 1.96 bits per heavy atom. The van der Waals surface area contributed by atoms with Crippen LogP contribution in [0.15, 0.2) is 41.5 Å². The molecule has 1 fully saturated rings. The van der Waals surface area contributed by atoms with E-state index < -0.39 is 29.0 Å². The number of rotatable bonds is 3. The molecule has 0 spiro atoms. The van der Waals surface area contributed by atoms with Gasteiger partial charge in [0.25, 0.3) is 5.91 Å². The van der Waals surface area contributed by atoms with Crippen molar-refractivity contribution in [2.24, 2.45) is 10.9 Å². The van der Waals surface area contributed by atoms with E-state index in [4.69, 9.17) is 11.6 Å². The second kappa shape index (κ2) is 6.63. The molecule has 1 aliphatic carbocycles. The molecule has 3 rings (SSSR count). The molecule has 8 heteroatoms. The number of alkyl halides is 3. The van der Waals surface area contributed by atoms with E-state index >= 15 is 0 Å². The van der Waals surface area contributed by atoms with E-state index in [1.54, 1.807) is 10.8 Å². The van der Waals surface area contributed by atoms with E-state index in [9.17, 15) is 22.4 Å². The van der Waals surface area contributed by atoms with Crippen LogP contribution < -0.4 is 5.49 Å². The molecule has 0 unspecified atom stereocenters. The molecule has 132 valence electrons. The quantitative estimate of drug-likeness (QED) is 0.733. The summed E-state index contributed by atoms with van der Waals surface area (Å²) < 4.78 is 54.1.